The molecular weight excluding hydrogens is 324 g/mol. The summed E-state index contributed by atoms with van der Waals surface area (Å²) >= 11 is 0. The van der Waals surface area contributed by atoms with Gasteiger partial charge in [0.05, 0.1) is 0 Å². The van der Waals surface area contributed by atoms with Crippen LogP contribution in [0, 0.1) is 0 Å². The maximum absolute atomic E-state index is 12.4. The Kier molecular flexibility index (Phi) is 5.44. The highest BCUT2D eigenvalue weighted by Crippen LogP contribution is 2.23. The summed E-state index contributed by atoms with van der Waals surface area (Å²) in [7, 11) is 0. The number of carbonyl (C=O) groups excluding carboxylic acids is 2. The van der Waals surface area contributed by atoms with E-state index in [9.17, 15) is 9.59 Å². The molecule has 0 fully saturated rings. The molecule has 4 nitrogen and oxygen atoms in total. The number of anilines is 2. The number of amides is 2. The van der Waals surface area contributed by atoms with Crippen LogP contribution in [0.5, 0.6) is 0 Å². The van der Waals surface area contributed by atoms with E-state index in [1.165, 1.54) is 0 Å². The maximum Gasteiger partial charge on any atom is 0.255 e. The standard InChI is InChI=1S/C22H20N2O2/c1-2-16-13-14-19(23-21(25)17-9-5-3-6-10-17)15-20(16)24-22(26)18-11-7-4-8-12-18/h3-15H,2H2,1H3,(H,23,25)(H,24,26). The van der Waals surface area contributed by atoms with Crippen LogP contribution < -0.4 is 10.6 Å². The summed E-state index contributed by atoms with van der Waals surface area (Å²) in [6, 6.07) is 23.6. The van der Waals surface area contributed by atoms with Crippen LogP contribution in [0.3, 0.4) is 0 Å². The van der Waals surface area contributed by atoms with Crippen molar-refractivity contribution in [3.05, 3.63) is 95.6 Å². The number of hydrogen-bond acceptors (Lipinski definition) is 2. The van der Waals surface area contributed by atoms with Crippen molar-refractivity contribution in [3.8, 4) is 0 Å². The van der Waals surface area contributed by atoms with Gasteiger partial charge in [0.2, 0.25) is 0 Å². The molecule has 0 aliphatic rings. The summed E-state index contributed by atoms with van der Waals surface area (Å²) in [5, 5.41) is 5.81. The molecule has 2 N–H and O–H groups in total. The third-order valence-corrected chi connectivity index (χ3v) is 4.07. The molecule has 3 rings (SSSR count). The van der Waals surface area contributed by atoms with Gasteiger partial charge in [0.25, 0.3) is 11.8 Å². The van der Waals surface area contributed by atoms with Crippen LogP contribution in [0.25, 0.3) is 0 Å². The molecule has 4 heteroatoms. The van der Waals surface area contributed by atoms with Gasteiger partial charge in [0.15, 0.2) is 0 Å². The van der Waals surface area contributed by atoms with Gasteiger partial charge in [0, 0.05) is 22.5 Å². The van der Waals surface area contributed by atoms with E-state index in [2.05, 4.69) is 10.6 Å². The van der Waals surface area contributed by atoms with Crippen molar-refractivity contribution in [2.24, 2.45) is 0 Å². The van der Waals surface area contributed by atoms with Crippen LogP contribution in [0.4, 0.5) is 11.4 Å². The quantitative estimate of drug-likeness (QED) is 0.701. The molecule has 0 aliphatic carbocycles. The van der Waals surface area contributed by atoms with E-state index in [4.69, 9.17) is 0 Å². The lowest BCUT2D eigenvalue weighted by Gasteiger charge is -2.13. The first-order valence-electron chi connectivity index (χ1n) is 8.53. The van der Waals surface area contributed by atoms with Crippen LogP contribution >= 0.6 is 0 Å². The SMILES string of the molecule is CCc1ccc(NC(=O)c2ccccc2)cc1NC(=O)c1ccccc1. The summed E-state index contributed by atoms with van der Waals surface area (Å²) in [5.41, 5.74) is 3.52. The Morgan fingerprint density at radius 3 is 1.81 bits per heavy atom. The highest BCUT2D eigenvalue weighted by molar-refractivity contribution is 6.06. The predicted octanol–water partition coefficient (Wildman–Crippen LogP) is 4.75. The van der Waals surface area contributed by atoms with Crippen molar-refractivity contribution < 1.29 is 9.59 Å². The van der Waals surface area contributed by atoms with Crippen LogP contribution in [0.15, 0.2) is 78.9 Å². The van der Waals surface area contributed by atoms with Crippen LogP contribution in [0.1, 0.15) is 33.2 Å². The monoisotopic (exact) mass is 344 g/mol. The van der Waals surface area contributed by atoms with Crippen molar-refractivity contribution >= 4 is 23.2 Å². The van der Waals surface area contributed by atoms with E-state index in [0.717, 1.165) is 12.0 Å². The van der Waals surface area contributed by atoms with Crippen molar-refractivity contribution in [2.75, 3.05) is 10.6 Å². The zero-order chi connectivity index (χ0) is 18.4. The van der Waals surface area contributed by atoms with Crippen LogP contribution in [0.2, 0.25) is 0 Å². The smallest absolute Gasteiger partial charge is 0.255 e. The third-order valence-electron chi connectivity index (χ3n) is 4.07. The second-order valence-electron chi connectivity index (χ2n) is 5.87. The third kappa shape index (κ3) is 4.16. The molecule has 0 heterocycles. The molecule has 2 amide bonds. The molecule has 0 atom stereocenters. The maximum atomic E-state index is 12.4. The molecule has 26 heavy (non-hydrogen) atoms. The van der Waals surface area contributed by atoms with Gasteiger partial charge in [-0.2, -0.15) is 0 Å². The van der Waals surface area contributed by atoms with Gasteiger partial charge in [-0.1, -0.05) is 49.4 Å². The summed E-state index contributed by atoms with van der Waals surface area (Å²) in [5.74, 6) is -0.359. The van der Waals surface area contributed by atoms with Crippen molar-refractivity contribution in [3.63, 3.8) is 0 Å². The first-order valence-corrected chi connectivity index (χ1v) is 8.53. The minimum absolute atomic E-state index is 0.174. The molecule has 0 unspecified atom stereocenters. The van der Waals surface area contributed by atoms with E-state index < -0.39 is 0 Å². The van der Waals surface area contributed by atoms with Gasteiger partial charge in [-0.3, -0.25) is 9.59 Å². The van der Waals surface area contributed by atoms with Gasteiger partial charge < -0.3 is 10.6 Å². The van der Waals surface area contributed by atoms with E-state index in [-0.39, 0.29) is 11.8 Å². The van der Waals surface area contributed by atoms with E-state index >= 15 is 0 Å². The Hall–Kier alpha value is -3.40. The number of nitrogens with one attached hydrogen (secondary N) is 2. The number of rotatable bonds is 5. The lowest BCUT2D eigenvalue weighted by atomic mass is 10.1. The number of benzene rings is 3. The Morgan fingerprint density at radius 2 is 1.27 bits per heavy atom. The first-order chi connectivity index (χ1) is 12.7. The topological polar surface area (TPSA) is 58.2 Å². The highest BCUT2D eigenvalue weighted by atomic mass is 16.2. The fourth-order valence-corrected chi connectivity index (χ4v) is 2.66. The normalized spacial score (nSPS) is 10.2. The second kappa shape index (κ2) is 8.12. The van der Waals surface area contributed by atoms with Gasteiger partial charge >= 0.3 is 0 Å². The zero-order valence-electron chi connectivity index (χ0n) is 14.5. The molecule has 3 aromatic carbocycles. The Bertz CT molecular complexity index is 906. The van der Waals surface area contributed by atoms with Crippen molar-refractivity contribution in [1.82, 2.24) is 0 Å². The number of aryl methyl sites for hydroxylation is 1. The van der Waals surface area contributed by atoms with Gasteiger partial charge in [-0.25, -0.2) is 0 Å². The lowest BCUT2D eigenvalue weighted by molar-refractivity contribution is 0.101. The molecule has 3 aromatic rings. The van der Waals surface area contributed by atoms with Crippen molar-refractivity contribution in [2.45, 2.75) is 13.3 Å². The molecule has 0 saturated carbocycles. The largest absolute Gasteiger partial charge is 0.322 e. The summed E-state index contributed by atoms with van der Waals surface area (Å²) in [6.07, 6.45) is 0.775. The molecule has 0 radical (unpaired) electrons. The fourth-order valence-electron chi connectivity index (χ4n) is 2.66. The van der Waals surface area contributed by atoms with E-state index in [0.29, 0.717) is 22.5 Å². The second-order valence-corrected chi connectivity index (χ2v) is 5.87. The number of carbonyl (C=O) groups is 2. The average Bonchev–Trinajstić information content (AvgIpc) is 2.69. The Labute approximate surface area is 152 Å². The van der Waals surface area contributed by atoms with Crippen LogP contribution in [-0.2, 0) is 6.42 Å². The molecular formula is C22H20N2O2. The number of hydrogen-bond donors (Lipinski definition) is 2. The molecule has 0 saturated heterocycles. The fraction of sp³-hybridized carbons (Fsp3) is 0.0909. The van der Waals surface area contributed by atoms with Gasteiger partial charge in [-0.15, -0.1) is 0 Å². The molecule has 0 bridgehead atoms. The minimum atomic E-state index is -0.185. The van der Waals surface area contributed by atoms with Crippen LogP contribution in [-0.4, -0.2) is 11.8 Å². The Morgan fingerprint density at radius 1 is 0.731 bits per heavy atom. The summed E-state index contributed by atoms with van der Waals surface area (Å²) in [4.78, 5) is 24.8. The molecule has 130 valence electrons. The van der Waals surface area contributed by atoms with Gasteiger partial charge in [0.1, 0.15) is 0 Å². The highest BCUT2D eigenvalue weighted by Gasteiger charge is 2.11. The molecule has 0 aliphatic heterocycles. The predicted molar refractivity (Wildman–Crippen MR) is 105 cm³/mol. The van der Waals surface area contributed by atoms with Gasteiger partial charge in [-0.05, 0) is 48.4 Å². The first kappa shape index (κ1) is 17.4. The molecule has 0 aromatic heterocycles. The minimum Gasteiger partial charge on any atom is -0.322 e. The van der Waals surface area contributed by atoms with E-state index in [1.54, 1.807) is 30.3 Å². The average molecular weight is 344 g/mol. The van der Waals surface area contributed by atoms with E-state index in [1.807, 2.05) is 55.5 Å². The van der Waals surface area contributed by atoms with Crippen molar-refractivity contribution in [1.29, 1.82) is 0 Å². The summed E-state index contributed by atoms with van der Waals surface area (Å²) in [6.45, 7) is 2.02. The lowest BCUT2D eigenvalue weighted by Crippen LogP contribution is -2.15. The Balaban J connectivity index is 1.80. The molecule has 0 spiro atoms. The summed E-state index contributed by atoms with van der Waals surface area (Å²) < 4.78 is 0. The zero-order valence-corrected chi connectivity index (χ0v) is 14.5.